The lowest BCUT2D eigenvalue weighted by atomic mass is 9.91. The fourth-order valence-electron chi connectivity index (χ4n) is 4.17. The number of piperazine rings is 1. The van der Waals surface area contributed by atoms with E-state index < -0.39 is 0 Å². The van der Waals surface area contributed by atoms with Crippen molar-refractivity contribution in [1.82, 2.24) is 24.7 Å². The van der Waals surface area contributed by atoms with Gasteiger partial charge in [0.05, 0.1) is 12.1 Å². The molecule has 0 spiro atoms. The molecule has 28 heavy (non-hydrogen) atoms. The number of rotatable bonds is 8. The van der Waals surface area contributed by atoms with Crippen LogP contribution in [0.3, 0.4) is 0 Å². The molecule has 1 N–H and O–H groups in total. The molecule has 0 radical (unpaired) electrons. The summed E-state index contributed by atoms with van der Waals surface area (Å²) in [6, 6.07) is 9.20. The van der Waals surface area contributed by atoms with Crippen LogP contribution in [0.4, 0.5) is 5.82 Å². The van der Waals surface area contributed by atoms with Crippen LogP contribution in [0.25, 0.3) is 10.9 Å². The number of fused-ring (bicyclic) bond motifs is 1. The number of hydrogen-bond donors (Lipinski definition) is 1. The van der Waals surface area contributed by atoms with Crippen molar-refractivity contribution in [2.45, 2.75) is 38.3 Å². The minimum absolute atomic E-state index is 0.843. The standard InChI is InChI=1S/C22H34N6/c1-26(2)12-6-11-23-22-19-9-3-4-10-20(19)24-21(25-22)17-27-13-15-28(16-14-27)18-7-5-8-18/h3-4,9-10,18H,5-8,11-17H2,1-2H3,(H,23,24,25). The van der Waals surface area contributed by atoms with Crippen LogP contribution in [0, 0.1) is 0 Å². The molecular formula is C22H34N6. The lowest BCUT2D eigenvalue weighted by molar-refractivity contribution is 0.0578. The molecule has 0 unspecified atom stereocenters. The Morgan fingerprint density at radius 3 is 2.57 bits per heavy atom. The van der Waals surface area contributed by atoms with E-state index in [0.29, 0.717) is 0 Å². The van der Waals surface area contributed by atoms with E-state index in [2.05, 4.69) is 58.4 Å². The Bertz CT molecular complexity index is 765. The van der Waals surface area contributed by atoms with Gasteiger partial charge in [-0.15, -0.1) is 0 Å². The number of para-hydroxylation sites is 1. The van der Waals surface area contributed by atoms with Crippen LogP contribution in [0.15, 0.2) is 24.3 Å². The summed E-state index contributed by atoms with van der Waals surface area (Å²) in [5.41, 5.74) is 1.04. The quantitative estimate of drug-likeness (QED) is 0.709. The second-order valence-corrected chi connectivity index (χ2v) is 8.49. The largest absolute Gasteiger partial charge is 0.369 e. The van der Waals surface area contributed by atoms with E-state index in [-0.39, 0.29) is 0 Å². The third kappa shape index (κ3) is 4.80. The predicted molar refractivity (Wildman–Crippen MR) is 116 cm³/mol. The zero-order chi connectivity index (χ0) is 19.3. The summed E-state index contributed by atoms with van der Waals surface area (Å²) in [5.74, 6) is 1.92. The van der Waals surface area contributed by atoms with Crippen molar-refractivity contribution in [3.8, 4) is 0 Å². The van der Waals surface area contributed by atoms with Crippen LogP contribution in [-0.4, -0.2) is 84.1 Å². The molecule has 2 aromatic rings. The molecule has 2 aliphatic rings. The van der Waals surface area contributed by atoms with Gasteiger partial charge in [-0.2, -0.15) is 0 Å². The van der Waals surface area contributed by atoms with Crippen molar-refractivity contribution in [2.75, 3.05) is 58.7 Å². The van der Waals surface area contributed by atoms with Crippen molar-refractivity contribution in [3.05, 3.63) is 30.1 Å². The normalized spacial score (nSPS) is 19.2. The third-order valence-electron chi connectivity index (χ3n) is 6.09. The Morgan fingerprint density at radius 1 is 1.07 bits per heavy atom. The number of nitrogens with one attached hydrogen (secondary N) is 1. The molecule has 2 fully saturated rings. The van der Waals surface area contributed by atoms with Crippen molar-refractivity contribution in [1.29, 1.82) is 0 Å². The molecule has 152 valence electrons. The zero-order valence-electron chi connectivity index (χ0n) is 17.4. The number of anilines is 1. The van der Waals surface area contributed by atoms with E-state index in [0.717, 1.165) is 67.7 Å². The van der Waals surface area contributed by atoms with Gasteiger partial charge in [0.1, 0.15) is 11.6 Å². The van der Waals surface area contributed by atoms with Crippen LogP contribution < -0.4 is 5.32 Å². The van der Waals surface area contributed by atoms with Crippen LogP contribution in [0.5, 0.6) is 0 Å². The van der Waals surface area contributed by atoms with Gasteiger partial charge >= 0.3 is 0 Å². The summed E-state index contributed by atoms with van der Waals surface area (Å²) in [5, 5.41) is 4.67. The molecule has 6 nitrogen and oxygen atoms in total. The third-order valence-corrected chi connectivity index (χ3v) is 6.09. The van der Waals surface area contributed by atoms with Gasteiger partial charge in [0.2, 0.25) is 0 Å². The minimum Gasteiger partial charge on any atom is -0.369 e. The fraction of sp³-hybridized carbons (Fsp3) is 0.636. The van der Waals surface area contributed by atoms with Crippen LogP contribution in [-0.2, 0) is 6.54 Å². The highest BCUT2D eigenvalue weighted by molar-refractivity contribution is 5.88. The van der Waals surface area contributed by atoms with Gasteiger partial charge in [0.25, 0.3) is 0 Å². The van der Waals surface area contributed by atoms with Gasteiger partial charge < -0.3 is 10.2 Å². The Balaban J connectivity index is 1.40. The maximum Gasteiger partial charge on any atom is 0.145 e. The summed E-state index contributed by atoms with van der Waals surface area (Å²) in [7, 11) is 4.23. The van der Waals surface area contributed by atoms with Gasteiger partial charge in [-0.3, -0.25) is 9.80 Å². The number of benzene rings is 1. The van der Waals surface area contributed by atoms with Gasteiger partial charge in [-0.25, -0.2) is 9.97 Å². The predicted octanol–water partition coefficient (Wildman–Crippen LogP) is 2.66. The van der Waals surface area contributed by atoms with E-state index >= 15 is 0 Å². The first-order valence-corrected chi connectivity index (χ1v) is 10.8. The highest BCUT2D eigenvalue weighted by Gasteiger charge is 2.28. The molecule has 1 aliphatic heterocycles. The van der Waals surface area contributed by atoms with Crippen LogP contribution in [0.1, 0.15) is 31.5 Å². The Morgan fingerprint density at radius 2 is 1.86 bits per heavy atom. The Labute approximate surface area is 168 Å². The smallest absolute Gasteiger partial charge is 0.145 e. The molecule has 1 saturated carbocycles. The first-order valence-electron chi connectivity index (χ1n) is 10.8. The highest BCUT2D eigenvalue weighted by Crippen LogP contribution is 2.26. The average molecular weight is 383 g/mol. The zero-order valence-corrected chi connectivity index (χ0v) is 17.4. The summed E-state index contributed by atoms with van der Waals surface area (Å²) in [4.78, 5) is 17.2. The first kappa shape index (κ1) is 19.6. The van der Waals surface area contributed by atoms with Crippen LogP contribution >= 0.6 is 0 Å². The molecule has 2 heterocycles. The minimum atomic E-state index is 0.843. The molecule has 1 aromatic heterocycles. The fourth-order valence-corrected chi connectivity index (χ4v) is 4.17. The maximum absolute atomic E-state index is 4.90. The molecule has 0 amide bonds. The van der Waals surface area contributed by atoms with Gasteiger partial charge in [0.15, 0.2) is 0 Å². The molecule has 1 aromatic carbocycles. The van der Waals surface area contributed by atoms with Gasteiger partial charge in [-0.1, -0.05) is 18.6 Å². The Kier molecular flexibility index (Phi) is 6.40. The number of hydrogen-bond acceptors (Lipinski definition) is 6. The molecular weight excluding hydrogens is 348 g/mol. The van der Waals surface area contributed by atoms with Gasteiger partial charge in [-0.05, 0) is 52.0 Å². The molecule has 0 atom stereocenters. The van der Waals surface area contributed by atoms with E-state index in [1.807, 2.05) is 0 Å². The molecule has 4 rings (SSSR count). The van der Waals surface area contributed by atoms with E-state index in [9.17, 15) is 0 Å². The van der Waals surface area contributed by atoms with Crippen molar-refractivity contribution in [2.24, 2.45) is 0 Å². The van der Waals surface area contributed by atoms with E-state index in [1.54, 1.807) is 0 Å². The topological polar surface area (TPSA) is 47.5 Å². The van der Waals surface area contributed by atoms with E-state index in [4.69, 9.17) is 9.97 Å². The highest BCUT2D eigenvalue weighted by atomic mass is 15.3. The summed E-state index contributed by atoms with van der Waals surface area (Å²) in [6.45, 7) is 7.47. The van der Waals surface area contributed by atoms with E-state index in [1.165, 1.54) is 32.4 Å². The maximum atomic E-state index is 4.90. The molecule has 1 aliphatic carbocycles. The summed E-state index contributed by atoms with van der Waals surface area (Å²) in [6.07, 6.45) is 5.32. The summed E-state index contributed by atoms with van der Waals surface area (Å²) < 4.78 is 0. The lowest BCUT2D eigenvalue weighted by Gasteiger charge is -2.42. The SMILES string of the molecule is CN(C)CCCNc1nc(CN2CCN(C3CCC3)CC2)nc2ccccc12. The average Bonchev–Trinajstić information content (AvgIpc) is 2.65. The second-order valence-electron chi connectivity index (χ2n) is 8.49. The van der Waals surface area contributed by atoms with Crippen molar-refractivity contribution >= 4 is 16.7 Å². The van der Waals surface area contributed by atoms with Crippen LogP contribution in [0.2, 0.25) is 0 Å². The van der Waals surface area contributed by atoms with Gasteiger partial charge in [0, 0.05) is 44.2 Å². The monoisotopic (exact) mass is 382 g/mol. The van der Waals surface area contributed by atoms with Crippen molar-refractivity contribution in [3.63, 3.8) is 0 Å². The first-order chi connectivity index (χ1) is 13.7. The molecule has 6 heteroatoms. The second kappa shape index (κ2) is 9.16. The Hall–Kier alpha value is -1.76. The lowest BCUT2D eigenvalue weighted by Crippen LogP contribution is -2.51. The number of nitrogens with zero attached hydrogens (tertiary/aromatic N) is 5. The summed E-state index contributed by atoms with van der Waals surface area (Å²) >= 11 is 0. The number of aromatic nitrogens is 2. The molecule has 1 saturated heterocycles. The molecule has 0 bridgehead atoms. The van der Waals surface area contributed by atoms with Crippen molar-refractivity contribution < 1.29 is 0 Å².